The summed E-state index contributed by atoms with van der Waals surface area (Å²) in [6.45, 7) is 7.88. The molecule has 0 spiro atoms. The Morgan fingerprint density at radius 1 is 1.17 bits per heavy atom. The molecule has 1 unspecified atom stereocenters. The predicted molar refractivity (Wildman–Crippen MR) is 93.9 cm³/mol. The summed E-state index contributed by atoms with van der Waals surface area (Å²) in [5, 5.41) is 9.80. The van der Waals surface area contributed by atoms with Crippen molar-refractivity contribution in [3.63, 3.8) is 0 Å². The van der Waals surface area contributed by atoms with Crippen LogP contribution in [0.1, 0.15) is 31.0 Å². The van der Waals surface area contributed by atoms with E-state index in [4.69, 9.17) is 4.98 Å². The van der Waals surface area contributed by atoms with E-state index in [-0.39, 0.29) is 5.92 Å². The molecule has 0 bridgehead atoms. The number of imidazole rings is 1. The van der Waals surface area contributed by atoms with Crippen molar-refractivity contribution in [3.8, 4) is 11.5 Å². The number of carboxylic acid groups (broad SMARTS) is 1. The zero-order valence-corrected chi connectivity index (χ0v) is 14.3. The van der Waals surface area contributed by atoms with Crippen LogP contribution >= 0.6 is 0 Å². The number of fused-ring (bicyclic) bond motifs is 1. The molecule has 0 saturated carbocycles. The molecule has 0 radical (unpaired) electrons. The van der Waals surface area contributed by atoms with Gasteiger partial charge in [-0.25, -0.2) is 9.78 Å². The summed E-state index contributed by atoms with van der Waals surface area (Å²) in [5.41, 5.74) is 4.56. The van der Waals surface area contributed by atoms with Crippen LogP contribution in [0.5, 0.6) is 0 Å². The molecule has 124 valence electrons. The van der Waals surface area contributed by atoms with Gasteiger partial charge in [-0.2, -0.15) is 0 Å². The number of nitrogens with zero attached hydrogens (tertiary/aromatic N) is 3. The van der Waals surface area contributed by atoms with E-state index in [0.717, 1.165) is 22.2 Å². The largest absolute Gasteiger partial charge is 0.480 e. The number of pyridine rings is 1. The van der Waals surface area contributed by atoms with Gasteiger partial charge in [0.05, 0.1) is 11.0 Å². The lowest BCUT2D eigenvalue weighted by Crippen LogP contribution is -2.25. The minimum Gasteiger partial charge on any atom is -0.480 e. The van der Waals surface area contributed by atoms with E-state index in [9.17, 15) is 9.90 Å². The van der Waals surface area contributed by atoms with Crippen molar-refractivity contribution in [1.29, 1.82) is 0 Å². The number of aliphatic carboxylic acids is 1. The molecule has 1 aromatic carbocycles. The maximum absolute atomic E-state index is 11.9. The van der Waals surface area contributed by atoms with E-state index >= 15 is 0 Å². The van der Waals surface area contributed by atoms with Crippen molar-refractivity contribution in [2.45, 2.75) is 33.7 Å². The monoisotopic (exact) mass is 323 g/mol. The molecule has 1 atom stereocenters. The van der Waals surface area contributed by atoms with E-state index < -0.39 is 12.0 Å². The molecule has 0 aliphatic heterocycles. The molecule has 3 rings (SSSR count). The summed E-state index contributed by atoms with van der Waals surface area (Å²) in [7, 11) is 0. The maximum atomic E-state index is 11.9. The molecule has 24 heavy (non-hydrogen) atoms. The summed E-state index contributed by atoms with van der Waals surface area (Å²) in [6.07, 6.45) is 1.70. The van der Waals surface area contributed by atoms with Crippen molar-refractivity contribution < 1.29 is 9.90 Å². The second-order valence-electron chi connectivity index (χ2n) is 6.47. The number of rotatable bonds is 4. The molecule has 2 aromatic heterocycles. The van der Waals surface area contributed by atoms with E-state index in [2.05, 4.69) is 4.98 Å². The van der Waals surface area contributed by atoms with Crippen LogP contribution in [0.2, 0.25) is 0 Å². The first-order chi connectivity index (χ1) is 11.4. The fourth-order valence-electron chi connectivity index (χ4n) is 3.00. The number of aromatic nitrogens is 3. The van der Waals surface area contributed by atoms with Crippen molar-refractivity contribution in [2.75, 3.05) is 0 Å². The standard InChI is InChI=1S/C19H21N3O2/c1-11(2)17(19(23)24)22-16-10-13(4)12(3)9-15(16)21-18(22)14-7-5-6-8-20-14/h5-11,17H,1-4H3,(H,23,24). The topological polar surface area (TPSA) is 68.0 Å². The van der Waals surface area contributed by atoms with Gasteiger partial charge in [0.25, 0.3) is 0 Å². The molecular formula is C19H21N3O2. The summed E-state index contributed by atoms with van der Waals surface area (Å²) in [4.78, 5) is 21.0. The third-order valence-corrected chi connectivity index (χ3v) is 4.36. The van der Waals surface area contributed by atoms with E-state index in [1.165, 1.54) is 0 Å². The van der Waals surface area contributed by atoms with Crippen LogP contribution in [-0.4, -0.2) is 25.6 Å². The van der Waals surface area contributed by atoms with Crippen LogP contribution in [0.25, 0.3) is 22.6 Å². The number of aryl methyl sites for hydroxylation is 2. The number of hydrogen-bond donors (Lipinski definition) is 1. The molecule has 0 aliphatic rings. The SMILES string of the molecule is Cc1cc2nc(-c3ccccn3)n(C(C(=O)O)C(C)C)c2cc1C. The van der Waals surface area contributed by atoms with Crippen LogP contribution in [0, 0.1) is 19.8 Å². The second-order valence-corrected chi connectivity index (χ2v) is 6.47. The summed E-state index contributed by atoms with van der Waals surface area (Å²) in [6, 6.07) is 8.90. The van der Waals surface area contributed by atoms with Crippen LogP contribution in [0.3, 0.4) is 0 Å². The first kappa shape index (κ1) is 16.2. The van der Waals surface area contributed by atoms with Gasteiger partial charge in [-0.1, -0.05) is 19.9 Å². The zero-order chi connectivity index (χ0) is 17.4. The second kappa shape index (κ2) is 6.07. The van der Waals surface area contributed by atoms with E-state index in [1.807, 2.05) is 62.6 Å². The van der Waals surface area contributed by atoms with Gasteiger partial charge >= 0.3 is 5.97 Å². The Bertz CT molecular complexity index is 898. The summed E-state index contributed by atoms with van der Waals surface area (Å²) < 4.78 is 1.82. The molecule has 3 aromatic rings. The zero-order valence-electron chi connectivity index (χ0n) is 14.3. The van der Waals surface area contributed by atoms with Gasteiger partial charge in [0.15, 0.2) is 5.82 Å². The lowest BCUT2D eigenvalue weighted by atomic mass is 10.0. The normalized spacial score (nSPS) is 12.7. The Morgan fingerprint density at radius 3 is 2.46 bits per heavy atom. The third-order valence-electron chi connectivity index (χ3n) is 4.36. The van der Waals surface area contributed by atoms with Gasteiger partial charge in [0.1, 0.15) is 11.7 Å². The van der Waals surface area contributed by atoms with Crippen LogP contribution in [-0.2, 0) is 4.79 Å². The lowest BCUT2D eigenvalue weighted by Gasteiger charge is -2.21. The Morgan fingerprint density at radius 2 is 1.88 bits per heavy atom. The van der Waals surface area contributed by atoms with Gasteiger partial charge < -0.3 is 9.67 Å². The van der Waals surface area contributed by atoms with Crippen molar-refractivity contribution in [3.05, 3.63) is 47.7 Å². The van der Waals surface area contributed by atoms with Crippen LogP contribution < -0.4 is 0 Å². The maximum Gasteiger partial charge on any atom is 0.327 e. The highest BCUT2D eigenvalue weighted by Crippen LogP contribution is 2.32. The number of carboxylic acids is 1. The molecule has 1 N–H and O–H groups in total. The average molecular weight is 323 g/mol. The van der Waals surface area contributed by atoms with Gasteiger partial charge in [-0.15, -0.1) is 0 Å². The molecule has 0 saturated heterocycles. The third kappa shape index (κ3) is 2.66. The smallest absolute Gasteiger partial charge is 0.327 e. The first-order valence-electron chi connectivity index (χ1n) is 8.03. The van der Waals surface area contributed by atoms with Gasteiger partial charge in [-0.05, 0) is 55.2 Å². The fraction of sp³-hybridized carbons (Fsp3) is 0.316. The Balaban J connectivity index is 2.38. The quantitative estimate of drug-likeness (QED) is 0.788. The summed E-state index contributed by atoms with van der Waals surface area (Å²) in [5.74, 6) is -0.347. The highest BCUT2D eigenvalue weighted by atomic mass is 16.4. The Hall–Kier alpha value is -2.69. The van der Waals surface area contributed by atoms with Gasteiger partial charge in [-0.3, -0.25) is 4.98 Å². The first-order valence-corrected chi connectivity index (χ1v) is 8.03. The molecule has 5 heteroatoms. The number of carbonyl (C=O) groups is 1. The number of hydrogen-bond acceptors (Lipinski definition) is 3. The minimum absolute atomic E-state index is 0.0797. The van der Waals surface area contributed by atoms with Crippen molar-refractivity contribution >= 4 is 17.0 Å². The number of benzene rings is 1. The summed E-state index contributed by atoms with van der Waals surface area (Å²) >= 11 is 0. The van der Waals surface area contributed by atoms with E-state index in [0.29, 0.717) is 11.5 Å². The molecule has 0 fully saturated rings. The molecular weight excluding hydrogens is 302 g/mol. The Labute approximate surface area is 141 Å². The fourth-order valence-corrected chi connectivity index (χ4v) is 3.00. The highest BCUT2D eigenvalue weighted by molar-refractivity contribution is 5.85. The molecule has 0 aliphatic carbocycles. The highest BCUT2D eigenvalue weighted by Gasteiger charge is 2.29. The van der Waals surface area contributed by atoms with Gasteiger partial charge in [0, 0.05) is 6.20 Å². The lowest BCUT2D eigenvalue weighted by molar-refractivity contribution is -0.142. The van der Waals surface area contributed by atoms with Crippen molar-refractivity contribution in [1.82, 2.24) is 14.5 Å². The van der Waals surface area contributed by atoms with Crippen LogP contribution in [0.4, 0.5) is 0 Å². The van der Waals surface area contributed by atoms with Crippen molar-refractivity contribution in [2.24, 2.45) is 5.92 Å². The molecule has 5 nitrogen and oxygen atoms in total. The molecule has 2 heterocycles. The average Bonchev–Trinajstić information content (AvgIpc) is 2.87. The van der Waals surface area contributed by atoms with Gasteiger partial charge in [0.2, 0.25) is 0 Å². The van der Waals surface area contributed by atoms with Crippen LogP contribution in [0.15, 0.2) is 36.5 Å². The molecule has 0 amide bonds. The van der Waals surface area contributed by atoms with E-state index in [1.54, 1.807) is 6.20 Å². The predicted octanol–water partition coefficient (Wildman–Crippen LogP) is 4.00. The minimum atomic E-state index is -0.861. The Kier molecular flexibility index (Phi) is 4.09.